The summed E-state index contributed by atoms with van der Waals surface area (Å²) >= 11 is 0. The first-order valence-corrected chi connectivity index (χ1v) is 6.62. The number of ether oxygens (including phenoxy) is 1. The quantitative estimate of drug-likeness (QED) is 0.613. The molecule has 0 aliphatic carbocycles. The molecular formula is C9H17NO4S. The van der Waals surface area contributed by atoms with Gasteiger partial charge in [0.25, 0.3) is 0 Å². The van der Waals surface area contributed by atoms with E-state index in [4.69, 9.17) is 4.74 Å². The van der Waals surface area contributed by atoms with E-state index in [0.29, 0.717) is 12.8 Å². The summed E-state index contributed by atoms with van der Waals surface area (Å²) in [5.74, 6) is -0.233. The van der Waals surface area contributed by atoms with Crippen LogP contribution >= 0.6 is 0 Å². The molecular weight excluding hydrogens is 218 g/mol. The molecule has 0 N–H and O–H groups in total. The summed E-state index contributed by atoms with van der Waals surface area (Å²) in [5.41, 5.74) is -0.764. The van der Waals surface area contributed by atoms with Crippen LogP contribution in [0.3, 0.4) is 0 Å². The number of hydrogen-bond donors (Lipinski definition) is 0. The first-order valence-electron chi connectivity index (χ1n) is 4.80. The Morgan fingerprint density at radius 3 is 2.07 bits per heavy atom. The van der Waals surface area contributed by atoms with E-state index in [1.54, 1.807) is 19.0 Å². The third-order valence-corrected chi connectivity index (χ3v) is 4.73. The van der Waals surface area contributed by atoms with Crippen molar-refractivity contribution in [3.63, 3.8) is 0 Å². The van der Waals surface area contributed by atoms with Gasteiger partial charge >= 0.3 is 5.97 Å². The Hall–Kier alpha value is -0.620. The number of hydrogen-bond acceptors (Lipinski definition) is 5. The lowest BCUT2D eigenvalue weighted by atomic mass is 9.91. The van der Waals surface area contributed by atoms with E-state index < -0.39 is 15.4 Å². The van der Waals surface area contributed by atoms with Crippen molar-refractivity contribution in [3.8, 4) is 0 Å². The largest absolute Gasteiger partial charge is 0.468 e. The minimum absolute atomic E-state index is 0.0558. The fourth-order valence-corrected chi connectivity index (χ4v) is 3.40. The zero-order valence-electron chi connectivity index (χ0n) is 9.32. The molecule has 1 aliphatic heterocycles. The van der Waals surface area contributed by atoms with Gasteiger partial charge in [0, 0.05) is 0 Å². The number of methoxy groups -OCH3 is 1. The maximum absolute atomic E-state index is 11.7. The molecule has 0 unspecified atom stereocenters. The van der Waals surface area contributed by atoms with Crippen molar-refractivity contribution in [2.24, 2.45) is 0 Å². The fraction of sp³-hybridized carbons (Fsp3) is 0.889. The van der Waals surface area contributed by atoms with Crippen molar-refractivity contribution in [1.29, 1.82) is 0 Å². The highest BCUT2D eigenvalue weighted by molar-refractivity contribution is 7.91. The Kier molecular flexibility index (Phi) is 3.40. The monoisotopic (exact) mass is 235 g/mol. The Labute approximate surface area is 90.3 Å². The molecule has 0 aromatic heterocycles. The van der Waals surface area contributed by atoms with Crippen LogP contribution in [-0.4, -0.2) is 57.5 Å². The fourth-order valence-electron chi connectivity index (χ4n) is 1.90. The maximum Gasteiger partial charge on any atom is 0.326 e. The topological polar surface area (TPSA) is 63.7 Å². The molecule has 0 amide bonds. The van der Waals surface area contributed by atoms with Crippen molar-refractivity contribution in [2.45, 2.75) is 18.4 Å². The van der Waals surface area contributed by atoms with Crippen molar-refractivity contribution in [3.05, 3.63) is 0 Å². The highest BCUT2D eigenvalue weighted by Gasteiger charge is 2.46. The van der Waals surface area contributed by atoms with Crippen LogP contribution in [0.1, 0.15) is 12.8 Å². The van der Waals surface area contributed by atoms with Crippen LogP contribution in [0.25, 0.3) is 0 Å². The predicted molar refractivity (Wildman–Crippen MR) is 56.3 cm³/mol. The number of likely N-dealkylation sites (N-methyl/N-ethyl adjacent to an activating group) is 1. The Morgan fingerprint density at radius 1 is 1.27 bits per heavy atom. The molecule has 0 radical (unpaired) electrons. The number of sulfone groups is 1. The summed E-state index contributed by atoms with van der Waals surface area (Å²) in [4.78, 5) is 13.4. The number of esters is 1. The lowest BCUT2D eigenvalue weighted by Crippen LogP contribution is -2.56. The zero-order valence-corrected chi connectivity index (χ0v) is 10.1. The molecule has 1 fully saturated rings. The van der Waals surface area contributed by atoms with Gasteiger partial charge in [0.1, 0.15) is 15.4 Å². The maximum atomic E-state index is 11.7. The smallest absolute Gasteiger partial charge is 0.326 e. The van der Waals surface area contributed by atoms with Crippen LogP contribution in [0.15, 0.2) is 0 Å². The average molecular weight is 235 g/mol. The van der Waals surface area contributed by atoms with Gasteiger partial charge in [-0.25, -0.2) is 8.42 Å². The molecule has 0 saturated carbocycles. The van der Waals surface area contributed by atoms with Crippen molar-refractivity contribution < 1.29 is 17.9 Å². The number of nitrogens with zero attached hydrogens (tertiary/aromatic N) is 1. The van der Waals surface area contributed by atoms with Crippen molar-refractivity contribution in [2.75, 3.05) is 32.7 Å². The van der Waals surface area contributed by atoms with Gasteiger partial charge in [0.05, 0.1) is 18.6 Å². The standard InChI is InChI=1S/C9H17NO4S/c1-10(2)9(8(11)14-3)4-6-15(12,13)7-5-9/h4-7H2,1-3H3. The normalized spacial score (nSPS) is 23.7. The van der Waals surface area contributed by atoms with E-state index in [9.17, 15) is 13.2 Å². The van der Waals surface area contributed by atoms with Gasteiger partial charge in [0.15, 0.2) is 0 Å². The number of carbonyl (C=O) groups excluding carboxylic acids is 1. The van der Waals surface area contributed by atoms with Crippen molar-refractivity contribution >= 4 is 15.8 Å². The highest BCUT2D eigenvalue weighted by Crippen LogP contribution is 2.29. The van der Waals surface area contributed by atoms with Gasteiger partial charge < -0.3 is 4.74 Å². The third kappa shape index (κ3) is 2.31. The molecule has 5 nitrogen and oxygen atoms in total. The van der Waals surface area contributed by atoms with Gasteiger partial charge in [-0.2, -0.15) is 0 Å². The summed E-state index contributed by atoms with van der Waals surface area (Å²) < 4.78 is 27.3. The minimum atomic E-state index is -2.96. The lowest BCUT2D eigenvalue weighted by molar-refractivity contribution is -0.154. The molecule has 0 aromatic rings. The lowest BCUT2D eigenvalue weighted by Gasteiger charge is -2.39. The van der Waals surface area contributed by atoms with E-state index in [1.807, 2.05) is 0 Å². The van der Waals surface area contributed by atoms with Crippen LogP contribution in [0.5, 0.6) is 0 Å². The summed E-state index contributed by atoms with van der Waals surface area (Å²) in [5, 5.41) is 0. The molecule has 0 atom stereocenters. The molecule has 0 spiro atoms. The van der Waals surface area contributed by atoms with Gasteiger partial charge in [-0.15, -0.1) is 0 Å². The van der Waals surface area contributed by atoms with Crippen LogP contribution in [0.4, 0.5) is 0 Å². The Balaban J connectivity index is 2.92. The molecule has 88 valence electrons. The summed E-state index contributed by atoms with van der Waals surface area (Å²) in [7, 11) is 1.91. The average Bonchev–Trinajstić information content (AvgIpc) is 2.17. The van der Waals surface area contributed by atoms with E-state index in [2.05, 4.69) is 0 Å². The Bertz CT molecular complexity index is 333. The Morgan fingerprint density at radius 2 is 1.73 bits per heavy atom. The third-order valence-electron chi connectivity index (χ3n) is 3.07. The van der Waals surface area contributed by atoms with E-state index in [0.717, 1.165) is 0 Å². The highest BCUT2D eigenvalue weighted by atomic mass is 32.2. The molecule has 1 rings (SSSR count). The van der Waals surface area contributed by atoms with Crippen LogP contribution < -0.4 is 0 Å². The zero-order chi connectivity index (χ0) is 11.7. The molecule has 1 aliphatic rings. The van der Waals surface area contributed by atoms with Gasteiger partial charge in [-0.1, -0.05) is 0 Å². The van der Waals surface area contributed by atoms with E-state index in [1.165, 1.54) is 7.11 Å². The molecule has 1 heterocycles. The molecule has 0 aromatic carbocycles. The summed E-state index contributed by atoms with van der Waals surface area (Å²) in [6.45, 7) is 0. The van der Waals surface area contributed by atoms with Crippen LogP contribution in [-0.2, 0) is 19.4 Å². The first kappa shape index (κ1) is 12.4. The van der Waals surface area contributed by atoms with Gasteiger partial charge in [0.2, 0.25) is 0 Å². The van der Waals surface area contributed by atoms with Gasteiger partial charge in [-0.3, -0.25) is 9.69 Å². The molecule has 0 bridgehead atoms. The summed E-state index contributed by atoms with van der Waals surface area (Å²) in [6, 6.07) is 0. The second-order valence-electron chi connectivity index (χ2n) is 4.07. The number of rotatable bonds is 2. The van der Waals surface area contributed by atoms with Crippen molar-refractivity contribution in [1.82, 2.24) is 4.90 Å². The van der Waals surface area contributed by atoms with Gasteiger partial charge in [-0.05, 0) is 26.9 Å². The molecule has 15 heavy (non-hydrogen) atoms. The molecule has 6 heteroatoms. The van der Waals surface area contributed by atoms with E-state index >= 15 is 0 Å². The predicted octanol–water partition coefficient (Wildman–Crippen LogP) is -0.332. The minimum Gasteiger partial charge on any atom is -0.468 e. The second kappa shape index (κ2) is 4.09. The van der Waals surface area contributed by atoms with Crippen LogP contribution in [0, 0.1) is 0 Å². The van der Waals surface area contributed by atoms with E-state index in [-0.39, 0.29) is 17.5 Å². The second-order valence-corrected chi connectivity index (χ2v) is 6.37. The van der Waals surface area contributed by atoms with Crippen LogP contribution in [0.2, 0.25) is 0 Å². The number of carbonyl (C=O) groups is 1. The summed E-state index contributed by atoms with van der Waals surface area (Å²) in [6.07, 6.45) is 0.629. The first-order chi connectivity index (χ1) is 6.84. The SMILES string of the molecule is COC(=O)C1(N(C)C)CCS(=O)(=O)CC1. The molecule has 1 saturated heterocycles.